The zero-order valence-corrected chi connectivity index (χ0v) is 21.6. The molecule has 4 heterocycles. The Hall–Kier alpha value is -4.59. The normalized spacial score (nSPS) is 17.4. The molecular formula is C26H22F2N8O3S. The summed E-state index contributed by atoms with van der Waals surface area (Å²) in [6.07, 6.45) is 5.77. The zero-order valence-electron chi connectivity index (χ0n) is 20.8. The van der Waals surface area contributed by atoms with E-state index >= 15 is 0 Å². The van der Waals surface area contributed by atoms with Crippen molar-refractivity contribution in [2.75, 3.05) is 0 Å². The van der Waals surface area contributed by atoms with Gasteiger partial charge < -0.3 is 15.0 Å². The molecule has 0 saturated heterocycles. The summed E-state index contributed by atoms with van der Waals surface area (Å²) in [5.41, 5.74) is 1.86. The molecule has 14 heteroatoms. The predicted octanol–water partition coefficient (Wildman–Crippen LogP) is 4.69. The average molecular weight is 565 g/mol. The van der Waals surface area contributed by atoms with E-state index in [1.165, 1.54) is 10.9 Å². The lowest BCUT2D eigenvalue weighted by atomic mass is 9.90. The van der Waals surface area contributed by atoms with Gasteiger partial charge in [-0.1, -0.05) is 18.2 Å². The number of aromatic carboxylic acids is 1. The molecule has 0 unspecified atom stereocenters. The van der Waals surface area contributed by atoms with Gasteiger partial charge in [0.05, 0.1) is 34.5 Å². The van der Waals surface area contributed by atoms with Gasteiger partial charge in [0.2, 0.25) is 0 Å². The van der Waals surface area contributed by atoms with Crippen LogP contribution in [0.1, 0.15) is 63.2 Å². The third-order valence-electron chi connectivity index (χ3n) is 6.86. The van der Waals surface area contributed by atoms with E-state index < -0.39 is 18.3 Å². The van der Waals surface area contributed by atoms with Crippen LogP contribution in [0.25, 0.3) is 28.2 Å². The van der Waals surface area contributed by atoms with Crippen molar-refractivity contribution in [2.24, 2.45) is 0 Å². The summed E-state index contributed by atoms with van der Waals surface area (Å²) in [4.78, 5) is 39.1. The monoisotopic (exact) mass is 564 g/mol. The number of alkyl halides is 2. The van der Waals surface area contributed by atoms with Crippen LogP contribution in [-0.2, 0) is 0 Å². The number of hydrogen-bond donors (Lipinski definition) is 2. The molecule has 0 aliphatic heterocycles. The number of fused-ring (bicyclic) bond motifs is 1. The van der Waals surface area contributed by atoms with E-state index in [1.807, 2.05) is 4.57 Å². The van der Waals surface area contributed by atoms with E-state index in [9.17, 15) is 23.5 Å². The lowest BCUT2D eigenvalue weighted by molar-refractivity contribution is 0.0697. The van der Waals surface area contributed by atoms with E-state index in [-0.39, 0.29) is 27.5 Å². The fraction of sp³-hybridized carbons (Fsp3) is 0.269. The number of nitrogens with one attached hydrogen (secondary N) is 1. The Labute approximate surface area is 229 Å². The second-order valence-electron chi connectivity index (χ2n) is 9.37. The number of rotatable bonds is 7. The number of amides is 1. The Morgan fingerprint density at radius 3 is 2.65 bits per heavy atom. The van der Waals surface area contributed by atoms with Gasteiger partial charge in [-0.15, -0.1) is 16.1 Å². The van der Waals surface area contributed by atoms with Crippen molar-refractivity contribution in [1.29, 1.82) is 0 Å². The Morgan fingerprint density at radius 2 is 1.90 bits per heavy atom. The van der Waals surface area contributed by atoms with Crippen LogP contribution in [0.2, 0.25) is 0 Å². The minimum atomic E-state index is -2.68. The van der Waals surface area contributed by atoms with Gasteiger partial charge >= 0.3 is 5.97 Å². The number of aromatic nitrogens is 7. The summed E-state index contributed by atoms with van der Waals surface area (Å²) in [7, 11) is 0. The van der Waals surface area contributed by atoms with Gasteiger partial charge in [-0.2, -0.15) is 10.2 Å². The predicted molar refractivity (Wildman–Crippen MR) is 141 cm³/mol. The topological polar surface area (TPSA) is 141 Å². The minimum absolute atomic E-state index is 0.0102. The van der Waals surface area contributed by atoms with Crippen molar-refractivity contribution in [3.63, 3.8) is 0 Å². The maximum atomic E-state index is 13.0. The number of hydrogen-bond acceptors (Lipinski definition) is 8. The van der Waals surface area contributed by atoms with Crippen LogP contribution in [0.15, 0.2) is 55.1 Å². The first kappa shape index (κ1) is 25.7. The first-order valence-corrected chi connectivity index (χ1v) is 13.3. The highest BCUT2D eigenvalue weighted by Gasteiger charge is 2.30. The maximum absolute atomic E-state index is 13.0. The van der Waals surface area contributed by atoms with E-state index in [1.54, 1.807) is 42.9 Å². The van der Waals surface area contributed by atoms with Crippen molar-refractivity contribution in [1.82, 2.24) is 39.8 Å². The number of carboxylic acid groups (broad SMARTS) is 1. The van der Waals surface area contributed by atoms with Gasteiger partial charge in [0, 0.05) is 29.9 Å². The lowest BCUT2D eigenvalue weighted by Crippen LogP contribution is -2.39. The molecule has 11 nitrogen and oxygen atoms in total. The molecule has 0 radical (unpaired) electrons. The van der Waals surface area contributed by atoms with Gasteiger partial charge in [-0.25, -0.2) is 28.5 Å². The number of carbonyl (C=O) groups is 2. The first-order chi connectivity index (χ1) is 19.4. The first-order valence-electron chi connectivity index (χ1n) is 12.5. The third kappa shape index (κ3) is 4.81. The fourth-order valence-electron chi connectivity index (χ4n) is 5.12. The van der Waals surface area contributed by atoms with E-state index in [0.29, 0.717) is 46.9 Å². The molecule has 4 aromatic heterocycles. The second kappa shape index (κ2) is 10.5. The van der Waals surface area contributed by atoms with Gasteiger partial charge in [-0.05, 0) is 31.7 Å². The molecule has 0 bridgehead atoms. The molecule has 1 saturated carbocycles. The van der Waals surface area contributed by atoms with E-state index in [4.69, 9.17) is 4.98 Å². The van der Waals surface area contributed by atoms with Crippen molar-refractivity contribution in [3.05, 3.63) is 70.6 Å². The van der Waals surface area contributed by atoms with Gasteiger partial charge in [0.25, 0.3) is 12.3 Å². The van der Waals surface area contributed by atoms with Gasteiger partial charge in [0.1, 0.15) is 11.3 Å². The van der Waals surface area contributed by atoms with Crippen LogP contribution in [0.5, 0.6) is 0 Å². The minimum Gasteiger partial charge on any atom is -0.478 e. The Morgan fingerprint density at radius 1 is 1.10 bits per heavy atom. The molecule has 5 aromatic rings. The molecule has 1 aliphatic carbocycles. The van der Waals surface area contributed by atoms with Crippen LogP contribution in [-0.4, -0.2) is 57.5 Å². The molecule has 204 valence electrons. The molecule has 1 amide bonds. The zero-order chi connectivity index (χ0) is 27.8. The highest BCUT2D eigenvalue weighted by atomic mass is 32.1. The van der Waals surface area contributed by atoms with E-state index in [2.05, 4.69) is 25.5 Å². The number of thiazole rings is 1. The standard InChI is InChI=1S/C26H22F2N8O3S/c27-22(28)20-13-30-25(40-20)24(37)33-14-4-3-5-15(10-14)35-19-11-21(36-31-8-9-32-36)29-12-18(19)34-23(35)16-6-1-2-7-17(16)26(38)39/h1-2,6-9,11-15,22H,3-5,10H2,(H,33,37)(H,38,39)/t14-,15+/m0/s1. The third-order valence-corrected chi connectivity index (χ3v) is 7.87. The summed E-state index contributed by atoms with van der Waals surface area (Å²) < 4.78 is 28.0. The number of imidazole rings is 1. The highest BCUT2D eigenvalue weighted by molar-refractivity contribution is 7.13. The summed E-state index contributed by atoms with van der Waals surface area (Å²) in [5, 5.41) is 21.1. The molecule has 6 rings (SSSR count). The number of carboxylic acids is 1. The second-order valence-corrected chi connectivity index (χ2v) is 10.4. The molecule has 40 heavy (non-hydrogen) atoms. The Kier molecular flexibility index (Phi) is 6.76. The van der Waals surface area contributed by atoms with Crippen LogP contribution in [0.4, 0.5) is 8.78 Å². The summed E-state index contributed by atoms with van der Waals surface area (Å²) >= 11 is 0.677. The lowest BCUT2D eigenvalue weighted by Gasteiger charge is -2.32. The van der Waals surface area contributed by atoms with E-state index in [0.717, 1.165) is 24.6 Å². The molecule has 0 spiro atoms. The Balaban J connectivity index is 1.39. The number of nitrogens with zero attached hydrogens (tertiary/aromatic N) is 7. The fourth-order valence-corrected chi connectivity index (χ4v) is 5.80. The number of carbonyl (C=O) groups excluding carboxylic acids is 1. The molecule has 1 fully saturated rings. The summed E-state index contributed by atoms with van der Waals surface area (Å²) in [6, 6.07) is 8.06. The summed E-state index contributed by atoms with van der Waals surface area (Å²) in [6.45, 7) is 0. The number of benzene rings is 1. The number of pyridine rings is 1. The largest absolute Gasteiger partial charge is 0.478 e. The molecular weight excluding hydrogens is 542 g/mol. The Bertz CT molecular complexity index is 1700. The van der Waals surface area contributed by atoms with Crippen LogP contribution < -0.4 is 5.32 Å². The quantitative estimate of drug-likeness (QED) is 0.290. The van der Waals surface area contributed by atoms with Gasteiger partial charge in [0.15, 0.2) is 10.8 Å². The van der Waals surface area contributed by atoms with Crippen molar-refractivity contribution in [2.45, 2.75) is 44.2 Å². The molecule has 2 atom stereocenters. The molecule has 1 aromatic carbocycles. The van der Waals surface area contributed by atoms with Crippen molar-refractivity contribution < 1.29 is 23.5 Å². The summed E-state index contributed by atoms with van der Waals surface area (Å²) in [5.74, 6) is -0.630. The van der Waals surface area contributed by atoms with Crippen LogP contribution in [0.3, 0.4) is 0 Å². The maximum Gasteiger partial charge on any atom is 0.336 e. The number of halogens is 2. The van der Waals surface area contributed by atoms with Crippen molar-refractivity contribution >= 4 is 34.2 Å². The van der Waals surface area contributed by atoms with Crippen LogP contribution in [0, 0.1) is 0 Å². The van der Waals surface area contributed by atoms with Crippen molar-refractivity contribution in [3.8, 4) is 17.2 Å². The van der Waals surface area contributed by atoms with Crippen LogP contribution >= 0.6 is 11.3 Å². The molecule has 1 aliphatic rings. The molecule has 2 N–H and O–H groups in total. The van der Waals surface area contributed by atoms with Gasteiger partial charge in [-0.3, -0.25) is 4.79 Å². The highest BCUT2D eigenvalue weighted by Crippen LogP contribution is 2.37. The smallest absolute Gasteiger partial charge is 0.336 e. The SMILES string of the molecule is O=C(N[C@H]1CCC[C@@H](n2c(-c3ccccc3C(=O)O)nc3cnc(-n4nccn4)cc32)C1)c1ncc(C(F)F)s1. The average Bonchev–Trinajstić information content (AvgIpc) is 3.73.